The smallest absolute Gasteiger partial charge is 0.318 e. The molecule has 1 atom stereocenters. The molecule has 4 heteroatoms. The quantitative estimate of drug-likeness (QED) is 0.470. The lowest BCUT2D eigenvalue weighted by Crippen LogP contribution is -2.17. The van der Waals surface area contributed by atoms with Crippen LogP contribution < -0.4 is 4.74 Å². The van der Waals surface area contributed by atoms with E-state index < -0.39 is 11.9 Å². The fourth-order valence-corrected chi connectivity index (χ4v) is 0.890. The number of aromatic hydroxyl groups is 1. The maximum atomic E-state index is 11.2. The van der Waals surface area contributed by atoms with Crippen LogP contribution in [-0.2, 0) is 4.79 Å². The molecule has 0 saturated heterocycles. The first-order valence-corrected chi connectivity index (χ1v) is 4.56. The molecule has 0 amide bonds. The van der Waals surface area contributed by atoms with Crippen molar-refractivity contribution in [3.8, 4) is 11.5 Å². The minimum Gasteiger partial charge on any atom is -0.508 e. The van der Waals surface area contributed by atoms with Crippen LogP contribution in [0.2, 0.25) is 0 Å². The van der Waals surface area contributed by atoms with E-state index in [1.165, 1.54) is 29.6 Å². The van der Waals surface area contributed by atoms with Crippen LogP contribution >= 0.6 is 12.2 Å². The SMILES string of the molecule is CC(C=S)C(=O)Oc1ccc(O)cc1. The third kappa shape index (κ3) is 2.81. The highest BCUT2D eigenvalue weighted by molar-refractivity contribution is 7.79. The molecule has 1 aromatic rings. The van der Waals surface area contributed by atoms with Gasteiger partial charge in [0, 0.05) is 0 Å². The number of hydrogen-bond acceptors (Lipinski definition) is 4. The molecule has 0 aromatic heterocycles. The Morgan fingerprint density at radius 1 is 1.50 bits per heavy atom. The fraction of sp³-hybridized carbons (Fsp3) is 0.200. The molecule has 0 aliphatic heterocycles. The van der Waals surface area contributed by atoms with Gasteiger partial charge in [0.1, 0.15) is 11.5 Å². The van der Waals surface area contributed by atoms with Crippen LogP contribution in [0.3, 0.4) is 0 Å². The number of carbonyl (C=O) groups is 1. The van der Waals surface area contributed by atoms with Crippen molar-refractivity contribution >= 4 is 23.6 Å². The molecule has 0 heterocycles. The van der Waals surface area contributed by atoms with E-state index in [0.717, 1.165) is 0 Å². The largest absolute Gasteiger partial charge is 0.508 e. The van der Waals surface area contributed by atoms with Gasteiger partial charge in [-0.05, 0) is 36.6 Å². The topological polar surface area (TPSA) is 46.5 Å². The number of phenols is 1. The third-order valence-corrected chi connectivity index (χ3v) is 2.04. The highest BCUT2D eigenvalue weighted by Crippen LogP contribution is 2.16. The van der Waals surface area contributed by atoms with Gasteiger partial charge >= 0.3 is 5.97 Å². The summed E-state index contributed by atoms with van der Waals surface area (Å²) >= 11 is 4.62. The van der Waals surface area contributed by atoms with Crippen LogP contribution in [-0.4, -0.2) is 16.4 Å². The van der Waals surface area contributed by atoms with Crippen LogP contribution in [0.1, 0.15) is 6.92 Å². The van der Waals surface area contributed by atoms with Gasteiger partial charge in [0.25, 0.3) is 0 Å². The van der Waals surface area contributed by atoms with Gasteiger partial charge in [0.15, 0.2) is 0 Å². The molecule has 0 bridgehead atoms. The maximum absolute atomic E-state index is 11.2. The second kappa shape index (κ2) is 4.72. The Kier molecular flexibility index (Phi) is 3.59. The highest BCUT2D eigenvalue weighted by Gasteiger charge is 2.11. The summed E-state index contributed by atoms with van der Waals surface area (Å²) in [7, 11) is 0. The average molecular weight is 210 g/mol. The van der Waals surface area contributed by atoms with Gasteiger partial charge in [-0.25, -0.2) is 0 Å². The van der Waals surface area contributed by atoms with Crippen molar-refractivity contribution in [3.05, 3.63) is 24.3 Å². The molecule has 1 unspecified atom stereocenters. The van der Waals surface area contributed by atoms with Crippen molar-refractivity contribution in [3.63, 3.8) is 0 Å². The second-order valence-electron chi connectivity index (χ2n) is 2.84. The summed E-state index contributed by atoms with van der Waals surface area (Å²) in [5.41, 5.74) is 0. The van der Waals surface area contributed by atoms with Gasteiger partial charge in [-0.15, -0.1) is 0 Å². The van der Waals surface area contributed by atoms with Gasteiger partial charge in [-0.1, -0.05) is 12.2 Å². The van der Waals surface area contributed by atoms with Gasteiger partial charge < -0.3 is 9.84 Å². The van der Waals surface area contributed by atoms with Crippen LogP contribution in [0, 0.1) is 5.92 Å². The Hall–Kier alpha value is -1.42. The molecule has 0 radical (unpaired) electrons. The molecule has 74 valence electrons. The molecule has 0 aliphatic carbocycles. The van der Waals surface area contributed by atoms with E-state index in [4.69, 9.17) is 9.84 Å². The third-order valence-electron chi connectivity index (χ3n) is 1.63. The van der Waals surface area contributed by atoms with Crippen LogP contribution in [0.5, 0.6) is 11.5 Å². The molecule has 1 aromatic carbocycles. The van der Waals surface area contributed by atoms with Crippen LogP contribution in [0.25, 0.3) is 0 Å². The molecule has 14 heavy (non-hydrogen) atoms. The standard InChI is InChI=1S/C10H10O3S/c1-7(6-14)10(12)13-9-4-2-8(11)3-5-9/h2-7,11H,1H3. The Balaban J connectivity index is 2.65. The molecule has 3 nitrogen and oxygen atoms in total. The molecule has 0 spiro atoms. The van der Waals surface area contributed by atoms with Crippen LogP contribution in [0.4, 0.5) is 0 Å². The maximum Gasteiger partial charge on any atom is 0.318 e. The van der Waals surface area contributed by atoms with Gasteiger partial charge in [0.05, 0.1) is 5.92 Å². The molecule has 1 rings (SSSR count). The number of rotatable bonds is 3. The number of phenolic OH excluding ortho intramolecular Hbond substituents is 1. The number of thiocarbonyl (C=S) groups is 1. The van der Waals surface area contributed by atoms with Gasteiger partial charge in [-0.3, -0.25) is 4.79 Å². The number of carbonyl (C=O) groups excluding carboxylic acids is 1. The van der Waals surface area contributed by atoms with Crippen molar-refractivity contribution in [2.75, 3.05) is 0 Å². The van der Waals surface area contributed by atoms with Crippen molar-refractivity contribution < 1.29 is 14.6 Å². The summed E-state index contributed by atoms with van der Waals surface area (Å²) in [4.78, 5) is 11.2. The van der Waals surface area contributed by atoms with E-state index in [1.54, 1.807) is 6.92 Å². The van der Waals surface area contributed by atoms with E-state index in [0.29, 0.717) is 5.75 Å². The fourth-order valence-electron chi connectivity index (χ4n) is 0.779. The zero-order valence-corrected chi connectivity index (χ0v) is 8.45. The lowest BCUT2D eigenvalue weighted by atomic mass is 10.2. The average Bonchev–Trinajstić information content (AvgIpc) is 2.20. The molecule has 0 fully saturated rings. The number of hydrogen-bond donors (Lipinski definition) is 1. The Morgan fingerprint density at radius 2 is 2.07 bits per heavy atom. The minimum atomic E-state index is -0.404. The molecule has 1 N–H and O–H groups in total. The van der Waals surface area contributed by atoms with Gasteiger partial charge in [0.2, 0.25) is 0 Å². The first-order chi connectivity index (χ1) is 6.63. The van der Waals surface area contributed by atoms with E-state index in [-0.39, 0.29) is 5.75 Å². The molecular formula is C10H10O3S. The zero-order valence-electron chi connectivity index (χ0n) is 7.64. The summed E-state index contributed by atoms with van der Waals surface area (Å²) in [6.45, 7) is 1.66. The highest BCUT2D eigenvalue weighted by atomic mass is 32.1. The summed E-state index contributed by atoms with van der Waals surface area (Å²) < 4.78 is 4.97. The monoisotopic (exact) mass is 210 g/mol. The normalized spacial score (nSPS) is 11.8. The van der Waals surface area contributed by atoms with E-state index >= 15 is 0 Å². The van der Waals surface area contributed by atoms with Crippen molar-refractivity contribution in [1.82, 2.24) is 0 Å². The predicted octanol–water partition coefficient (Wildman–Crippen LogP) is 1.93. The summed E-state index contributed by atoms with van der Waals surface area (Å²) in [5.74, 6) is -0.270. The summed E-state index contributed by atoms with van der Waals surface area (Å²) in [5, 5.41) is 10.3. The molecule has 0 saturated carbocycles. The first kappa shape index (κ1) is 10.7. The molecular weight excluding hydrogens is 200 g/mol. The number of benzene rings is 1. The first-order valence-electron chi connectivity index (χ1n) is 4.09. The lowest BCUT2D eigenvalue weighted by molar-refractivity contribution is -0.136. The second-order valence-corrected chi connectivity index (χ2v) is 3.11. The van der Waals surface area contributed by atoms with Crippen molar-refractivity contribution in [2.24, 2.45) is 5.92 Å². The van der Waals surface area contributed by atoms with Crippen LogP contribution in [0.15, 0.2) is 24.3 Å². The van der Waals surface area contributed by atoms with E-state index in [9.17, 15) is 4.79 Å². The van der Waals surface area contributed by atoms with Gasteiger partial charge in [-0.2, -0.15) is 0 Å². The number of ether oxygens (including phenoxy) is 1. The minimum absolute atomic E-state index is 0.132. The lowest BCUT2D eigenvalue weighted by Gasteiger charge is -2.06. The number of esters is 1. The summed E-state index contributed by atoms with van der Waals surface area (Å²) in [6.07, 6.45) is 0. The van der Waals surface area contributed by atoms with E-state index in [1.807, 2.05) is 0 Å². The van der Waals surface area contributed by atoms with Crippen molar-refractivity contribution in [1.29, 1.82) is 0 Å². The predicted molar refractivity (Wildman–Crippen MR) is 56.6 cm³/mol. The molecule has 0 aliphatic rings. The summed E-state index contributed by atoms with van der Waals surface area (Å²) in [6, 6.07) is 5.93. The van der Waals surface area contributed by atoms with E-state index in [2.05, 4.69) is 12.2 Å². The zero-order chi connectivity index (χ0) is 10.6. The Morgan fingerprint density at radius 3 is 2.57 bits per heavy atom. The Labute approximate surface area is 87.3 Å². The van der Waals surface area contributed by atoms with Crippen molar-refractivity contribution in [2.45, 2.75) is 6.92 Å². The Bertz CT molecular complexity index is 332.